The summed E-state index contributed by atoms with van der Waals surface area (Å²) >= 11 is 0. The molecule has 2 aromatic carbocycles. The first-order valence-electron chi connectivity index (χ1n) is 12.0. The van der Waals surface area contributed by atoms with Gasteiger partial charge in [-0.1, -0.05) is 6.07 Å². The van der Waals surface area contributed by atoms with Crippen molar-refractivity contribution in [1.82, 2.24) is 25.1 Å². The number of fused-ring (bicyclic) bond motifs is 1. The lowest BCUT2D eigenvalue weighted by Crippen LogP contribution is -2.23. The average molecular weight is 476 g/mol. The Labute approximate surface area is 208 Å². The predicted octanol–water partition coefficient (Wildman–Crippen LogP) is 5.72. The highest BCUT2D eigenvalue weighted by atomic mass is 16.5. The van der Waals surface area contributed by atoms with E-state index in [1.54, 1.807) is 18.6 Å². The van der Waals surface area contributed by atoms with Crippen molar-refractivity contribution in [2.45, 2.75) is 32.2 Å². The molecule has 1 fully saturated rings. The zero-order valence-corrected chi connectivity index (χ0v) is 19.9. The van der Waals surface area contributed by atoms with Crippen LogP contribution in [0.25, 0.3) is 16.6 Å². The molecule has 1 aliphatic rings. The van der Waals surface area contributed by atoms with Crippen molar-refractivity contribution >= 4 is 16.8 Å². The molecule has 0 radical (unpaired) electrons. The molecule has 0 unspecified atom stereocenters. The molecule has 1 aliphatic carbocycles. The quantitative estimate of drug-likeness (QED) is 0.325. The molecule has 0 spiro atoms. The molecule has 1 saturated carbocycles. The van der Waals surface area contributed by atoms with Crippen molar-refractivity contribution in [1.29, 1.82) is 0 Å². The second kappa shape index (κ2) is 9.26. The standard InChI is InChI=1S/C29H25N5O2/c1-19-23(29(35)32-18-20-9-13-30-14-10-20)3-2-4-27(19)36-28-12-15-31-25-17-22(7-8-24(25)28)34-26(11-16-33-34)21-5-6-21/h2-4,7-17,21H,5-6,18H2,1H3,(H,32,35). The number of carbonyl (C=O) groups excluding carboxylic acids is 1. The first-order chi connectivity index (χ1) is 17.7. The van der Waals surface area contributed by atoms with Crippen LogP contribution in [0.3, 0.4) is 0 Å². The van der Waals surface area contributed by atoms with Gasteiger partial charge < -0.3 is 10.1 Å². The van der Waals surface area contributed by atoms with E-state index in [1.165, 1.54) is 18.5 Å². The van der Waals surface area contributed by atoms with Gasteiger partial charge in [0.05, 0.1) is 11.2 Å². The number of aromatic nitrogens is 4. The van der Waals surface area contributed by atoms with Gasteiger partial charge in [0.2, 0.25) is 0 Å². The van der Waals surface area contributed by atoms with E-state index in [-0.39, 0.29) is 5.91 Å². The number of nitrogens with one attached hydrogen (secondary N) is 1. The van der Waals surface area contributed by atoms with Gasteiger partial charge in [0.25, 0.3) is 5.91 Å². The number of amides is 1. The van der Waals surface area contributed by atoms with Crippen molar-refractivity contribution in [2.75, 3.05) is 0 Å². The van der Waals surface area contributed by atoms with Crippen molar-refractivity contribution in [2.24, 2.45) is 0 Å². The van der Waals surface area contributed by atoms with E-state index in [1.807, 2.05) is 72.4 Å². The molecule has 7 heteroatoms. The van der Waals surface area contributed by atoms with Gasteiger partial charge in [-0.05, 0) is 79.9 Å². The van der Waals surface area contributed by atoms with Gasteiger partial charge >= 0.3 is 0 Å². The lowest BCUT2D eigenvalue weighted by molar-refractivity contribution is 0.0950. The van der Waals surface area contributed by atoms with Gasteiger partial charge in [-0.15, -0.1) is 0 Å². The Hall–Kier alpha value is -4.52. The number of benzene rings is 2. The van der Waals surface area contributed by atoms with Gasteiger partial charge in [-0.25, -0.2) is 4.68 Å². The van der Waals surface area contributed by atoms with E-state index < -0.39 is 0 Å². The van der Waals surface area contributed by atoms with Crippen LogP contribution in [0.2, 0.25) is 0 Å². The van der Waals surface area contributed by atoms with Crippen LogP contribution in [0.4, 0.5) is 0 Å². The first-order valence-corrected chi connectivity index (χ1v) is 12.0. The monoisotopic (exact) mass is 475 g/mol. The Bertz CT molecular complexity index is 1560. The molecule has 7 nitrogen and oxygen atoms in total. The number of nitrogens with zero attached hydrogens (tertiary/aromatic N) is 4. The smallest absolute Gasteiger partial charge is 0.251 e. The highest BCUT2D eigenvalue weighted by Gasteiger charge is 2.27. The molecule has 6 rings (SSSR count). The highest BCUT2D eigenvalue weighted by molar-refractivity contribution is 5.96. The third kappa shape index (κ3) is 4.31. The number of carbonyl (C=O) groups is 1. The number of hydrogen-bond acceptors (Lipinski definition) is 5. The van der Waals surface area contributed by atoms with E-state index in [4.69, 9.17) is 4.74 Å². The normalized spacial score (nSPS) is 13.0. The van der Waals surface area contributed by atoms with Gasteiger partial charge in [0, 0.05) is 59.5 Å². The van der Waals surface area contributed by atoms with Crippen LogP contribution >= 0.6 is 0 Å². The van der Waals surface area contributed by atoms with Crippen LogP contribution in [0.15, 0.2) is 85.5 Å². The molecule has 0 bridgehead atoms. The largest absolute Gasteiger partial charge is 0.456 e. The van der Waals surface area contributed by atoms with Crippen LogP contribution in [0, 0.1) is 6.92 Å². The SMILES string of the molecule is Cc1c(Oc2ccnc3cc(-n4nccc4C4CC4)ccc23)cccc1C(=O)NCc1ccncc1. The van der Waals surface area contributed by atoms with Crippen molar-refractivity contribution < 1.29 is 9.53 Å². The van der Waals surface area contributed by atoms with E-state index in [0.29, 0.717) is 29.5 Å². The van der Waals surface area contributed by atoms with Gasteiger partial charge in [0.1, 0.15) is 11.5 Å². The van der Waals surface area contributed by atoms with Crippen LogP contribution in [0.5, 0.6) is 11.5 Å². The van der Waals surface area contributed by atoms with Crippen LogP contribution in [-0.2, 0) is 6.54 Å². The van der Waals surface area contributed by atoms with Gasteiger partial charge in [0.15, 0.2) is 0 Å². The summed E-state index contributed by atoms with van der Waals surface area (Å²) in [6, 6.07) is 19.3. The van der Waals surface area contributed by atoms with Crippen molar-refractivity contribution in [3.8, 4) is 17.2 Å². The summed E-state index contributed by atoms with van der Waals surface area (Å²) in [4.78, 5) is 21.5. The first kappa shape index (κ1) is 22.0. The van der Waals surface area contributed by atoms with Crippen molar-refractivity contribution in [3.63, 3.8) is 0 Å². The number of pyridine rings is 2. The molecule has 36 heavy (non-hydrogen) atoms. The highest BCUT2D eigenvalue weighted by Crippen LogP contribution is 2.41. The van der Waals surface area contributed by atoms with E-state index >= 15 is 0 Å². The topological polar surface area (TPSA) is 81.9 Å². The molecule has 3 aromatic heterocycles. The molecule has 0 atom stereocenters. The van der Waals surface area contributed by atoms with Gasteiger partial charge in [-0.2, -0.15) is 5.10 Å². The summed E-state index contributed by atoms with van der Waals surface area (Å²) in [6.45, 7) is 2.33. The minimum Gasteiger partial charge on any atom is -0.456 e. The van der Waals surface area contributed by atoms with Crippen LogP contribution in [0.1, 0.15) is 45.9 Å². The molecule has 5 aromatic rings. The van der Waals surface area contributed by atoms with E-state index in [0.717, 1.165) is 27.7 Å². The molecule has 0 aliphatic heterocycles. The zero-order valence-electron chi connectivity index (χ0n) is 19.9. The molecule has 1 amide bonds. The summed E-state index contributed by atoms with van der Waals surface area (Å²) in [5.41, 5.74) is 5.40. The summed E-state index contributed by atoms with van der Waals surface area (Å²) < 4.78 is 8.33. The zero-order chi connectivity index (χ0) is 24.5. The molecule has 3 heterocycles. The third-order valence-electron chi connectivity index (χ3n) is 6.55. The Morgan fingerprint density at radius 3 is 2.69 bits per heavy atom. The fraction of sp³-hybridized carbons (Fsp3) is 0.172. The Kier molecular flexibility index (Phi) is 5.65. The van der Waals surface area contributed by atoms with E-state index in [2.05, 4.69) is 26.4 Å². The fourth-order valence-corrected chi connectivity index (χ4v) is 4.42. The minimum atomic E-state index is -0.148. The number of hydrogen-bond donors (Lipinski definition) is 1. The summed E-state index contributed by atoms with van der Waals surface area (Å²) in [5, 5.41) is 8.40. The predicted molar refractivity (Wildman–Crippen MR) is 138 cm³/mol. The van der Waals surface area contributed by atoms with Crippen LogP contribution in [-0.4, -0.2) is 25.7 Å². The molecular weight excluding hydrogens is 450 g/mol. The third-order valence-corrected chi connectivity index (χ3v) is 6.55. The summed E-state index contributed by atoms with van der Waals surface area (Å²) in [5.74, 6) is 1.77. The Morgan fingerprint density at radius 2 is 1.86 bits per heavy atom. The second-order valence-electron chi connectivity index (χ2n) is 9.02. The van der Waals surface area contributed by atoms with E-state index in [9.17, 15) is 4.79 Å². The summed E-state index contributed by atoms with van der Waals surface area (Å²) in [6.07, 6.45) is 9.46. The molecule has 1 N–H and O–H groups in total. The summed E-state index contributed by atoms with van der Waals surface area (Å²) in [7, 11) is 0. The fourth-order valence-electron chi connectivity index (χ4n) is 4.42. The Morgan fingerprint density at radius 1 is 1.00 bits per heavy atom. The van der Waals surface area contributed by atoms with Crippen molar-refractivity contribution in [3.05, 3.63) is 108 Å². The second-order valence-corrected chi connectivity index (χ2v) is 9.02. The average Bonchev–Trinajstić information content (AvgIpc) is 3.64. The molecule has 178 valence electrons. The lowest BCUT2D eigenvalue weighted by Gasteiger charge is -2.14. The Balaban J connectivity index is 1.25. The molecule has 0 saturated heterocycles. The van der Waals surface area contributed by atoms with Crippen LogP contribution < -0.4 is 10.1 Å². The number of rotatable bonds is 7. The maximum absolute atomic E-state index is 12.9. The maximum Gasteiger partial charge on any atom is 0.251 e. The lowest BCUT2D eigenvalue weighted by atomic mass is 10.1. The van der Waals surface area contributed by atoms with Gasteiger partial charge in [-0.3, -0.25) is 14.8 Å². The maximum atomic E-state index is 12.9. The minimum absolute atomic E-state index is 0.148. The number of ether oxygens (including phenoxy) is 1. The molecular formula is C29H25N5O2.